The summed E-state index contributed by atoms with van der Waals surface area (Å²) >= 11 is 0. The molecule has 0 radical (unpaired) electrons. The Morgan fingerprint density at radius 3 is 2.42 bits per heavy atom. The molecular weight excluding hydrogens is 445 g/mol. The standard InChI is InChI=1S/C24H26FN3O4S/c25-18-8-7-9-19(14-18)26-23(29)17-33(31,32)22-15-28(21-11-4-3-10-20(21)22)16-24(30)27-12-5-1-2-6-13-27/h3-4,7-11,14-15H,1-2,5-6,12-13,16-17H2,(H,26,29). The van der Waals surface area contributed by atoms with Crippen molar-refractivity contribution in [3.8, 4) is 0 Å². The Morgan fingerprint density at radius 2 is 1.70 bits per heavy atom. The van der Waals surface area contributed by atoms with Gasteiger partial charge in [0.1, 0.15) is 18.1 Å². The van der Waals surface area contributed by atoms with Crippen molar-refractivity contribution < 1.29 is 22.4 Å². The molecule has 1 saturated heterocycles. The zero-order valence-corrected chi connectivity index (χ0v) is 19.0. The van der Waals surface area contributed by atoms with Crippen LogP contribution in [0.5, 0.6) is 0 Å². The van der Waals surface area contributed by atoms with Crippen molar-refractivity contribution in [2.75, 3.05) is 24.2 Å². The van der Waals surface area contributed by atoms with E-state index in [1.165, 1.54) is 24.4 Å². The van der Waals surface area contributed by atoms with Gasteiger partial charge in [-0.1, -0.05) is 37.1 Å². The van der Waals surface area contributed by atoms with Crippen LogP contribution < -0.4 is 5.32 Å². The number of carbonyl (C=O) groups is 2. The van der Waals surface area contributed by atoms with E-state index >= 15 is 0 Å². The first kappa shape index (κ1) is 23.0. The summed E-state index contributed by atoms with van der Waals surface area (Å²) in [4.78, 5) is 27.1. The highest BCUT2D eigenvalue weighted by atomic mass is 32.2. The number of fused-ring (bicyclic) bond motifs is 1. The quantitative estimate of drug-likeness (QED) is 0.595. The van der Waals surface area contributed by atoms with Crippen molar-refractivity contribution >= 4 is 38.2 Å². The van der Waals surface area contributed by atoms with Crippen molar-refractivity contribution in [3.63, 3.8) is 0 Å². The Balaban J connectivity index is 1.57. The second-order valence-electron chi connectivity index (χ2n) is 8.25. The average Bonchev–Trinajstić information content (AvgIpc) is 2.94. The lowest BCUT2D eigenvalue weighted by Gasteiger charge is -2.20. The minimum Gasteiger partial charge on any atom is -0.341 e. The van der Waals surface area contributed by atoms with Gasteiger partial charge in [0.2, 0.25) is 11.8 Å². The molecule has 4 rings (SSSR count). The molecule has 2 amide bonds. The summed E-state index contributed by atoms with van der Waals surface area (Å²) in [6.07, 6.45) is 5.59. The normalized spacial score (nSPS) is 14.8. The van der Waals surface area contributed by atoms with E-state index in [4.69, 9.17) is 0 Å². The van der Waals surface area contributed by atoms with Crippen LogP contribution in [-0.4, -0.2) is 48.5 Å². The molecule has 1 fully saturated rings. The van der Waals surface area contributed by atoms with Crippen molar-refractivity contribution in [2.24, 2.45) is 0 Å². The number of rotatable bonds is 6. The van der Waals surface area contributed by atoms with Crippen molar-refractivity contribution in [1.29, 1.82) is 0 Å². The van der Waals surface area contributed by atoms with E-state index in [1.807, 2.05) is 4.90 Å². The molecule has 0 unspecified atom stereocenters. The topological polar surface area (TPSA) is 88.5 Å². The van der Waals surface area contributed by atoms with Gasteiger partial charge >= 0.3 is 0 Å². The van der Waals surface area contributed by atoms with Crippen LogP contribution in [0.1, 0.15) is 25.7 Å². The lowest BCUT2D eigenvalue weighted by molar-refractivity contribution is -0.131. The zero-order chi connectivity index (χ0) is 23.4. The maximum Gasteiger partial charge on any atom is 0.242 e. The molecular formula is C24H26FN3O4S. The van der Waals surface area contributed by atoms with Crippen molar-refractivity contribution in [1.82, 2.24) is 9.47 Å². The number of amides is 2. The maximum absolute atomic E-state index is 13.4. The zero-order valence-electron chi connectivity index (χ0n) is 18.2. The first-order chi connectivity index (χ1) is 15.8. The number of benzene rings is 2. The molecule has 1 aromatic heterocycles. The highest BCUT2D eigenvalue weighted by Crippen LogP contribution is 2.27. The van der Waals surface area contributed by atoms with Crippen LogP contribution in [0.2, 0.25) is 0 Å². The smallest absolute Gasteiger partial charge is 0.242 e. The fourth-order valence-corrected chi connectivity index (χ4v) is 5.54. The molecule has 0 atom stereocenters. The summed E-state index contributed by atoms with van der Waals surface area (Å²) in [6.45, 7) is 1.46. The third kappa shape index (κ3) is 5.42. The Bertz CT molecular complexity index is 1280. The maximum atomic E-state index is 13.4. The van der Waals surface area contributed by atoms with Gasteiger partial charge in [0, 0.05) is 35.9 Å². The summed E-state index contributed by atoms with van der Waals surface area (Å²) in [5.41, 5.74) is 0.797. The lowest BCUT2D eigenvalue weighted by atomic mass is 10.2. The monoisotopic (exact) mass is 471 g/mol. The highest BCUT2D eigenvalue weighted by Gasteiger charge is 2.26. The van der Waals surface area contributed by atoms with Crippen LogP contribution in [0.15, 0.2) is 59.6 Å². The van der Waals surface area contributed by atoms with Gasteiger partial charge in [0.05, 0.1) is 4.90 Å². The van der Waals surface area contributed by atoms with Crippen LogP contribution in [-0.2, 0) is 26.0 Å². The number of para-hydroxylation sites is 1. The van der Waals surface area contributed by atoms with E-state index in [1.54, 1.807) is 28.8 Å². The molecule has 1 N–H and O–H groups in total. The van der Waals surface area contributed by atoms with Gasteiger partial charge in [-0.15, -0.1) is 0 Å². The van der Waals surface area contributed by atoms with E-state index in [9.17, 15) is 22.4 Å². The number of hydrogen-bond donors (Lipinski definition) is 1. The number of anilines is 1. The summed E-state index contributed by atoms with van der Waals surface area (Å²) in [5.74, 6) is -2.14. The fourth-order valence-electron chi connectivity index (χ4n) is 4.17. The van der Waals surface area contributed by atoms with Gasteiger partial charge in [-0.25, -0.2) is 12.8 Å². The van der Waals surface area contributed by atoms with Gasteiger partial charge < -0.3 is 14.8 Å². The molecule has 7 nitrogen and oxygen atoms in total. The molecule has 174 valence electrons. The lowest BCUT2D eigenvalue weighted by Crippen LogP contribution is -2.34. The predicted molar refractivity (Wildman–Crippen MR) is 124 cm³/mol. The van der Waals surface area contributed by atoms with Gasteiger partial charge in [-0.05, 0) is 37.1 Å². The summed E-state index contributed by atoms with van der Waals surface area (Å²) < 4.78 is 41.2. The van der Waals surface area contributed by atoms with E-state index in [-0.39, 0.29) is 23.0 Å². The average molecular weight is 472 g/mol. The van der Waals surface area contributed by atoms with E-state index in [2.05, 4.69) is 5.32 Å². The highest BCUT2D eigenvalue weighted by molar-refractivity contribution is 7.92. The molecule has 9 heteroatoms. The van der Waals surface area contributed by atoms with E-state index in [0.717, 1.165) is 31.7 Å². The van der Waals surface area contributed by atoms with Crippen LogP contribution in [0.3, 0.4) is 0 Å². The second-order valence-corrected chi connectivity index (χ2v) is 10.2. The van der Waals surface area contributed by atoms with Crippen LogP contribution >= 0.6 is 0 Å². The van der Waals surface area contributed by atoms with Crippen molar-refractivity contribution in [3.05, 3.63) is 60.5 Å². The summed E-state index contributed by atoms with van der Waals surface area (Å²) in [5, 5.41) is 2.88. The minimum atomic E-state index is -4.01. The number of nitrogens with one attached hydrogen (secondary N) is 1. The van der Waals surface area contributed by atoms with Gasteiger partial charge in [-0.2, -0.15) is 0 Å². The molecule has 2 aromatic carbocycles. The Kier molecular flexibility index (Phi) is 6.78. The minimum absolute atomic E-state index is 0.00356. The Labute approximate surface area is 192 Å². The number of sulfone groups is 1. The van der Waals surface area contributed by atoms with Gasteiger partial charge in [0.15, 0.2) is 9.84 Å². The summed E-state index contributed by atoms with van der Waals surface area (Å²) in [7, 11) is -4.01. The molecule has 1 aliphatic rings. The predicted octanol–water partition coefficient (Wildman–Crippen LogP) is 3.60. The first-order valence-corrected chi connectivity index (χ1v) is 12.6. The number of aromatic nitrogens is 1. The second kappa shape index (κ2) is 9.74. The van der Waals surface area contributed by atoms with Crippen LogP contribution in [0, 0.1) is 5.82 Å². The third-order valence-electron chi connectivity index (χ3n) is 5.78. The van der Waals surface area contributed by atoms with E-state index in [0.29, 0.717) is 24.0 Å². The molecule has 0 saturated carbocycles. The van der Waals surface area contributed by atoms with Gasteiger partial charge in [0.25, 0.3) is 0 Å². The molecule has 33 heavy (non-hydrogen) atoms. The van der Waals surface area contributed by atoms with E-state index < -0.39 is 27.3 Å². The van der Waals surface area contributed by atoms with Gasteiger partial charge in [-0.3, -0.25) is 9.59 Å². The Hall–Kier alpha value is -3.20. The first-order valence-electron chi connectivity index (χ1n) is 11.0. The number of halogens is 1. The molecule has 3 aromatic rings. The third-order valence-corrected chi connectivity index (χ3v) is 7.42. The van der Waals surface area contributed by atoms with Crippen LogP contribution in [0.4, 0.5) is 10.1 Å². The molecule has 0 aliphatic carbocycles. The number of likely N-dealkylation sites (tertiary alicyclic amines) is 1. The molecule has 0 bridgehead atoms. The number of nitrogens with zero attached hydrogens (tertiary/aromatic N) is 2. The Morgan fingerprint density at radius 1 is 0.970 bits per heavy atom. The summed E-state index contributed by atoms with van der Waals surface area (Å²) in [6, 6.07) is 12.2. The molecule has 2 heterocycles. The van der Waals surface area contributed by atoms with Crippen LogP contribution in [0.25, 0.3) is 10.9 Å². The molecule has 0 spiro atoms. The van der Waals surface area contributed by atoms with Crippen molar-refractivity contribution in [2.45, 2.75) is 37.1 Å². The number of hydrogen-bond acceptors (Lipinski definition) is 4. The fraction of sp³-hybridized carbons (Fsp3) is 0.333. The number of carbonyl (C=O) groups excluding carboxylic acids is 2. The SMILES string of the molecule is O=C(CS(=O)(=O)c1cn(CC(=O)N2CCCCCC2)c2ccccc12)Nc1cccc(F)c1. The largest absolute Gasteiger partial charge is 0.341 e. The molecule has 1 aliphatic heterocycles.